The fourth-order valence-electron chi connectivity index (χ4n) is 0.196. The van der Waals surface area contributed by atoms with Crippen LogP contribution in [-0.4, -0.2) is 44.7 Å². The third-order valence-corrected chi connectivity index (χ3v) is 1.63. The minimum atomic E-state index is -1.26. The number of aliphatic carboxylic acids is 2. The number of thioether (sulfide) groups is 1. The molecule has 5 nitrogen and oxygen atoms in total. The first kappa shape index (κ1) is 15.1. The van der Waals surface area contributed by atoms with E-state index in [0.29, 0.717) is 5.75 Å². The number of aliphatic hydroxyl groups is 1. The molecule has 0 aliphatic heterocycles. The predicted octanol–water partition coefficient (Wildman–Crippen LogP) is 0.143. The Hall–Kier alpha value is -0.400. The van der Waals surface area contributed by atoms with Gasteiger partial charge in [0, 0.05) is 5.75 Å². The first-order chi connectivity index (χ1) is 5.95. The van der Waals surface area contributed by atoms with Crippen molar-refractivity contribution in [1.29, 1.82) is 0 Å². The van der Waals surface area contributed by atoms with E-state index >= 15 is 0 Å². The van der Waals surface area contributed by atoms with Crippen LogP contribution in [0.4, 0.5) is 0 Å². The summed E-state index contributed by atoms with van der Waals surface area (Å²) in [6, 6.07) is 0. The number of carboxylic acid groups (broad SMARTS) is 2. The van der Waals surface area contributed by atoms with Crippen LogP contribution in [0.25, 0.3) is 0 Å². The molecule has 7 heteroatoms. The number of aliphatic hydroxyl groups excluding tert-OH is 1. The van der Waals surface area contributed by atoms with Crippen molar-refractivity contribution in [2.45, 2.75) is 11.9 Å². The van der Waals surface area contributed by atoms with Crippen molar-refractivity contribution in [3.05, 3.63) is 0 Å². The third kappa shape index (κ3) is 14.5. The molecular weight excluding hydrogens is 216 g/mol. The summed E-state index contributed by atoms with van der Waals surface area (Å²) in [5.41, 5.74) is -1.26. The summed E-state index contributed by atoms with van der Waals surface area (Å²) in [4.78, 5) is 19.2. The second-order valence-corrected chi connectivity index (χ2v) is 3.16. The molecule has 0 aliphatic carbocycles. The van der Waals surface area contributed by atoms with Gasteiger partial charge in [-0.3, -0.25) is 4.79 Å². The number of thiol groups is 1. The Balaban J connectivity index is 0. The molecule has 1 unspecified atom stereocenters. The summed E-state index contributed by atoms with van der Waals surface area (Å²) in [7, 11) is 0. The van der Waals surface area contributed by atoms with Gasteiger partial charge in [-0.25, -0.2) is 4.79 Å². The summed E-state index contributed by atoms with van der Waals surface area (Å²) in [6.45, 7) is 0. The first-order valence-electron chi connectivity index (χ1n) is 3.22. The molecule has 0 saturated carbocycles. The Bertz CT molecular complexity index is 161. The van der Waals surface area contributed by atoms with Gasteiger partial charge in [0.1, 0.15) is 0 Å². The summed E-state index contributed by atoms with van der Waals surface area (Å²) < 4.78 is 0. The molecule has 0 saturated heterocycles. The van der Waals surface area contributed by atoms with Gasteiger partial charge in [0.2, 0.25) is 0 Å². The van der Waals surface area contributed by atoms with Crippen molar-refractivity contribution in [3.63, 3.8) is 0 Å². The SMILES string of the molecule is CSC(O)C(=O)O.O=C(O)CCS. The standard InChI is InChI=1S/C3H6O3S.C3H6O2S/c1-7-3(6)2(4)5;4-3(5)1-2-6/h3,6H,1H3,(H,4,5);6H,1-2H2,(H,4,5). The van der Waals surface area contributed by atoms with Crippen LogP contribution < -0.4 is 0 Å². The van der Waals surface area contributed by atoms with E-state index in [1.807, 2.05) is 0 Å². The molecule has 1 atom stereocenters. The van der Waals surface area contributed by atoms with E-state index in [2.05, 4.69) is 12.6 Å². The van der Waals surface area contributed by atoms with Crippen LogP contribution in [0.2, 0.25) is 0 Å². The zero-order valence-corrected chi connectivity index (χ0v) is 8.72. The van der Waals surface area contributed by atoms with Gasteiger partial charge in [0.05, 0.1) is 6.42 Å². The van der Waals surface area contributed by atoms with Gasteiger partial charge in [-0.05, 0) is 6.26 Å². The maximum atomic E-state index is 9.66. The van der Waals surface area contributed by atoms with E-state index in [4.69, 9.17) is 15.3 Å². The largest absolute Gasteiger partial charge is 0.481 e. The Labute approximate surface area is 85.6 Å². The fraction of sp³-hybridized carbons (Fsp3) is 0.667. The summed E-state index contributed by atoms with van der Waals surface area (Å²) in [6.07, 6.45) is 1.68. The molecule has 0 aliphatic rings. The molecule has 3 N–H and O–H groups in total. The van der Waals surface area contributed by atoms with Crippen molar-refractivity contribution in [3.8, 4) is 0 Å². The highest BCUT2D eigenvalue weighted by molar-refractivity contribution is 7.99. The quantitative estimate of drug-likeness (QED) is 0.404. The molecule has 0 aromatic rings. The molecule has 0 aromatic carbocycles. The molecule has 0 heterocycles. The summed E-state index contributed by atoms with van der Waals surface area (Å²) in [5, 5.41) is 24.1. The number of rotatable bonds is 4. The Morgan fingerprint density at radius 1 is 1.46 bits per heavy atom. The van der Waals surface area contributed by atoms with Crippen LogP contribution >= 0.6 is 24.4 Å². The zero-order chi connectivity index (χ0) is 10.9. The van der Waals surface area contributed by atoms with E-state index in [9.17, 15) is 9.59 Å². The summed E-state index contributed by atoms with van der Waals surface area (Å²) in [5.74, 6) is -1.55. The molecule has 78 valence electrons. The molecule has 0 aromatic heterocycles. The zero-order valence-electron chi connectivity index (χ0n) is 7.01. The fourth-order valence-corrected chi connectivity index (χ4v) is 0.589. The van der Waals surface area contributed by atoms with Crippen LogP contribution in [0.5, 0.6) is 0 Å². The topological polar surface area (TPSA) is 94.8 Å². The molecule has 0 spiro atoms. The smallest absolute Gasteiger partial charge is 0.343 e. The predicted molar refractivity (Wildman–Crippen MR) is 53.3 cm³/mol. The maximum absolute atomic E-state index is 9.66. The van der Waals surface area contributed by atoms with Crippen LogP contribution in [0.15, 0.2) is 0 Å². The van der Waals surface area contributed by atoms with Crippen LogP contribution in [0.3, 0.4) is 0 Å². The third-order valence-electron chi connectivity index (χ3n) is 0.760. The van der Waals surface area contributed by atoms with Crippen molar-refractivity contribution < 1.29 is 24.9 Å². The Morgan fingerprint density at radius 2 is 1.92 bits per heavy atom. The minimum Gasteiger partial charge on any atom is -0.481 e. The molecule has 0 rings (SSSR count). The van der Waals surface area contributed by atoms with Crippen molar-refractivity contribution in [2.75, 3.05) is 12.0 Å². The molecule has 0 radical (unpaired) electrons. The monoisotopic (exact) mass is 228 g/mol. The lowest BCUT2D eigenvalue weighted by atomic mass is 10.5. The van der Waals surface area contributed by atoms with E-state index < -0.39 is 17.4 Å². The van der Waals surface area contributed by atoms with Gasteiger partial charge in [0.15, 0.2) is 5.44 Å². The lowest BCUT2D eigenvalue weighted by molar-refractivity contribution is -0.142. The van der Waals surface area contributed by atoms with Gasteiger partial charge in [-0.15, -0.1) is 11.8 Å². The van der Waals surface area contributed by atoms with Crippen LogP contribution in [-0.2, 0) is 9.59 Å². The van der Waals surface area contributed by atoms with E-state index in [1.165, 1.54) is 6.26 Å². The maximum Gasteiger partial charge on any atom is 0.343 e. The molecule has 0 bridgehead atoms. The average molecular weight is 228 g/mol. The van der Waals surface area contributed by atoms with Gasteiger partial charge in [-0.1, -0.05) is 0 Å². The first-order valence-corrected chi connectivity index (χ1v) is 5.14. The average Bonchev–Trinajstić information content (AvgIpc) is 2.03. The van der Waals surface area contributed by atoms with Crippen molar-refractivity contribution in [2.24, 2.45) is 0 Å². The molecular formula is C6H12O5S2. The van der Waals surface area contributed by atoms with E-state index in [1.54, 1.807) is 0 Å². The normalized spacial score (nSPS) is 11.0. The number of hydrogen-bond donors (Lipinski definition) is 4. The van der Waals surface area contributed by atoms with Crippen molar-refractivity contribution >= 4 is 36.3 Å². The molecule has 0 amide bonds. The Morgan fingerprint density at radius 3 is 1.92 bits per heavy atom. The van der Waals surface area contributed by atoms with E-state index in [-0.39, 0.29) is 6.42 Å². The van der Waals surface area contributed by atoms with Gasteiger partial charge in [0.25, 0.3) is 0 Å². The molecule has 0 fully saturated rings. The van der Waals surface area contributed by atoms with Crippen LogP contribution in [0.1, 0.15) is 6.42 Å². The van der Waals surface area contributed by atoms with Crippen molar-refractivity contribution in [1.82, 2.24) is 0 Å². The molecule has 13 heavy (non-hydrogen) atoms. The van der Waals surface area contributed by atoms with E-state index in [0.717, 1.165) is 11.8 Å². The second-order valence-electron chi connectivity index (χ2n) is 1.79. The number of carboxylic acids is 2. The highest BCUT2D eigenvalue weighted by Gasteiger charge is 2.08. The van der Waals surface area contributed by atoms with Gasteiger partial charge >= 0.3 is 11.9 Å². The summed E-state index contributed by atoms with van der Waals surface area (Å²) >= 11 is 4.57. The highest BCUT2D eigenvalue weighted by Crippen LogP contribution is 1.99. The minimum absolute atomic E-state index is 0.156. The number of carbonyl (C=O) groups is 2. The Kier molecular flexibility index (Phi) is 11.2. The van der Waals surface area contributed by atoms with Gasteiger partial charge < -0.3 is 15.3 Å². The van der Waals surface area contributed by atoms with Gasteiger partial charge in [-0.2, -0.15) is 12.6 Å². The number of hydrogen-bond acceptors (Lipinski definition) is 5. The highest BCUT2D eigenvalue weighted by atomic mass is 32.2. The van der Waals surface area contributed by atoms with Crippen LogP contribution in [0, 0.1) is 0 Å². The lowest BCUT2D eigenvalue weighted by Gasteiger charge is -1.95. The lowest BCUT2D eigenvalue weighted by Crippen LogP contribution is -2.13. The second kappa shape index (κ2) is 9.69.